The molecule has 0 radical (unpaired) electrons. The Labute approximate surface area is 235 Å². The number of halogens is 3. The number of benzene rings is 2. The minimum atomic E-state index is -1.80. The van der Waals surface area contributed by atoms with Gasteiger partial charge in [-0.15, -0.1) is 0 Å². The van der Waals surface area contributed by atoms with Gasteiger partial charge in [-0.3, -0.25) is 19.5 Å². The van der Waals surface area contributed by atoms with Crippen LogP contribution in [0, 0.1) is 11.2 Å². The average molecular weight is 572 g/mol. The Kier molecular flexibility index (Phi) is 6.74. The van der Waals surface area contributed by atoms with Gasteiger partial charge in [-0.1, -0.05) is 35.3 Å². The van der Waals surface area contributed by atoms with Crippen molar-refractivity contribution in [2.45, 2.75) is 51.0 Å². The Bertz CT molecular complexity index is 1450. The van der Waals surface area contributed by atoms with E-state index in [0.29, 0.717) is 34.1 Å². The lowest BCUT2D eigenvalue weighted by atomic mass is 9.88. The molecule has 2 amide bonds. The number of amides is 2. The van der Waals surface area contributed by atoms with E-state index in [0.717, 1.165) is 0 Å². The lowest BCUT2D eigenvalue weighted by Gasteiger charge is -2.43. The third-order valence-corrected chi connectivity index (χ3v) is 8.13. The molecule has 0 bridgehead atoms. The van der Waals surface area contributed by atoms with Gasteiger partial charge in [0.05, 0.1) is 45.5 Å². The van der Waals surface area contributed by atoms with Crippen LogP contribution in [-0.4, -0.2) is 33.4 Å². The van der Waals surface area contributed by atoms with Gasteiger partial charge in [0.1, 0.15) is 5.82 Å². The van der Waals surface area contributed by atoms with Gasteiger partial charge in [-0.25, -0.2) is 4.39 Å². The third-order valence-electron chi connectivity index (χ3n) is 7.66. The number of nitrogens with two attached hydrogens (primary N) is 1. The van der Waals surface area contributed by atoms with Crippen LogP contribution in [0.2, 0.25) is 10.0 Å². The fourth-order valence-electron chi connectivity index (χ4n) is 5.12. The van der Waals surface area contributed by atoms with E-state index < -0.39 is 40.4 Å². The number of nitrogens with zero attached hydrogens (tertiary/aromatic N) is 2. The number of aliphatic hydroxyl groups is 1. The summed E-state index contributed by atoms with van der Waals surface area (Å²) in [6, 6.07) is 11.9. The number of pyridine rings is 1. The van der Waals surface area contributed by atoms with Crippen LogP contribution in [0.4, 0.5) is 4.39 Å². The van der Waals surface area contributed by atoms with Crippen molar-refractivity contribution in [3.05, 3.63) is 98.5 Å². The predicted octanol–water partition coefficient (Wildman–Crippen LogP) is 5.46. The topological polar surface area (TPSA) is 106 Å². The molecule has 0 saturated heterocycles. The van der Waals surface area contributed by atoms with Gasteiger partial charge in [0.2, 0.25) is 11.6 Å². The number of rotatable bonds is 8. The van der Waals surface area contributed by atoms with Crippen molar-refractivity contribution in [1.82, 2.24) is 9.88 Å². The molecule has 10 heteroatoms. The second-order valence-electron chi connectivity index (χ2n) is 10.8. The van der Waals surface area contributed by atoms with Gasteiger partial charge in [0.25, 0.3) is 5.91 Å². The van der Waals surface area contributed by atoms with Crippen LogP contribution in [-0.2, 0) is 20.9 Å². The first-order valence-corrected chi connectivity index (χ1v) is 13.3. The molecule has 1 aromatic heterocycles. The summed E-state index contributed by atoms with van der Waals surface area (Å²) in [4.78, 5) is 32.4. The molecular weight excluding hydrogens is 544 g/mol. The average Bonchev–Trinajstić information content (AvgIpc) is 3.63. The number of ether oxygens (including phenoxy) is 1. The maximum Gasteiger partial charge on any atom is 0.257 e. The van der Waals surface area contributed by atoms with E-state index in [1.807, 2.05) is 0 Å². The molecule has 7 nitrogen and oxygen atoms in total. The molecule has 1 aliphatic heterocycles. The Morgan fingerprint density at radius 1 is 1.18 bits per heavy atom. The largest absolute Gasteiger partial charge is 0.386 e. The van der Waals surface area contributed by atoms with Gasteiger partial charge in [-0.05, 0) is 75.6 Å². The molecule has 2 aromatic carbocycles. The van der Waals surface area contributed by atoms with Crippen molar-refractivity contribution in [2.24, 2.45) is 11.1 Å². The lowest BCUT2D eigenvalue weighted by Crippen LogP contribution is -2.50. The van der Waals surface area contributed by atoms with E-state index in [-0.39, 0.29) is 23.3 Å². The zero-order chi connectivity index (χ0) is 28.3. The van der Waals surface area contributed by atoms with Gasteiger partial charge < -0.3 is 15.6 Å². The second kappa shape index (κ2) is 9.55. The quantitative estimate of drug-likeness (QED) is 0.373. The number of fused-ring (bicyclic) bond motifs is 1. The normalized spacial score (nSPS) is 20.6. The summed E-state index contributed by atoms with van der Waals surface area (Å²) in [6.07, 6.45) is 2.51. The van der Waals surface area contributed by atoms with Crippen molar-refractivity contribution in [3.63, 3.8) is 0 Å². The standard InChI is InChI=1S/C29H28Cl2FN3O4/c1-16(23-9-8-20(31)14-34-23)35-25(36)21-12-18(27(2,3)38)13-22(32)24(21)29(35,17-4-6-19(30)7-5-17)39-15-28(10-11-28)26(33)37/h4-9,12-14,16,38H,10-11,15H2,1-3H3,(H2,33,37)/t16-,29-/m1/s1. The molecule has 5 rings (SSSR count). The van der Waals surface area contributed by atoms with E-state index in [1.165, 1.54) is 37.1 Å². The Morgan fingerprint density at radius 2 is 1.82 bits per heavy atom. The number of hydrogen-bond donors (Lipinski definition) is 2. The van der Waals surface area contributed by atoms with Gasteiger partial charge in [-0.2, -0.15) is 0 Å². The maximum absolute atomic E-state index is 16.3. The molecule has 204 valence electrons. The molecule has 0 unspecified atom stereocenters. The first-order chi connectivity index (χ1) is 18.3. The molecule has 1 aliphatic carbocycles. The number of aromatic nitrogens is 1. The summed E-state index contributed by atoms with van der Waals surface area (Å²) in [5, 5.41) is 11.5. The molecule has 1 saturated carbocycles. The van der Waals surface area contributed by atoms with E-state index in [1.54, 1.807) is 43.3 Å². The summed E-state index contributed by atoms with van der Waals surface area (Å²) in [5.41, 5.74) is 2.72. The highest BCUT2D eigenvalue weighted by molar-refractivity contribution is 6.30. The lowest BCUT2D eigenvalue weighted by molar-refractivity contribution is -0.147. The Balaban J connectivity index is 1.79. The first-order valence-electron chi connectivity index (χ1n) is 12.5. The van der Waals surface area contributed by atoms with E-state index >= 15 is 4.39 Å². The minimum Gasteiger partial charge on any atom is -0.386 e. The van der Waals surface area contributed by atoms with E-state index in [4.69, 9.17) is 33.7 Å². The molecule has 39 heavy (non-hydrogen) atoms. The first kappa shape index (κ1) is 27.5. The van der Waals surface area contributed by atoms with Gasteiger partial charge >= 0.3 is 0 Å². The minimum absolute atomic E-state index is 0.0242. The Morgan fingerprint density at radius 3 is 2.36 bits per heavy atom. The summed E-state index contributed by atoms with van der Waals surface area (Å²) in [5.74, 6) is -1.79. The molecule has 2 aliphatic rings. The monoisotopic (exact) mass is 571 g/mol. The van der Waals surface area contributed by atoms with Crippen LogP contribution in [0.3, 0.4) is 0 Å². The highest BCUT2D eigenvalue weighted by Crippen LogP contribution is 2.54. The van der Waals surface area contributed by atoms with E-state index in [2.05, 4.69) is 4.98 Å². The molecule has 2 heterocycles. The van der Waals surface area contributed by atoms with Crippen molar-refractivity contribution >= 4 is 35.0 Å². The van der Waals surface area contributed by atoms with Crippen molar-refractivity contribution in [3.8, 4) is 0 Å². The number of carbonyl (C=O) groups is 2. The van der Waals surface area contributed by atoms with Crippen LogP contribution in [0.25, 0.3) is 0 Å². The molecule has 2 atom stereocenters. The molecule has 1 fully saturated rings. The summed E-state index contributed by atoms with van der Waals surface area (Å²) >= 11 is 12.3. The van der Waals surface area contributed by atoms with E-state index in [9.17, 15) is 14.7 Å². The zero-order valence-corrected chi connectivity index (χ0v) is 23.2. The van der Waals surface area contributed by atoms with Crippen LogP contribution in [0.1, 0.15) is 72.4 Å². The van der Waals surface area contributed by atoms with Crippen molar-refractivity contribution in [2.75, 3.05) is 6.61 Å². The SMILES string of the molecule is C[C@H](c1ccc(Cl)cn1)N1C(=O)c2cc(C(C)(C)O)cc(F)c2[C@]1(OCC1(C(N)=O)CC1)c1ccc(Cl)cc1. The van der Waals surface area contributed by atoms with Crippen molar-refractivity contribution < 1.29 is 23.8 Å². The second-order valence-corrected chi connectivity index (χ2v) is 11.6. The third kappa shape index (κ3) is 4.59. The molecule has 0 spiro atoms. The molecule has 3 N–H and O–H groups in total. The molecular formula is C29H28Cl2FN3O4. The zero-order valence-electron chi connectivity index (χ0n) is 21.7. The highest BCUT2D eigenvalue weighted by Gasteiger charge is 2.59. The summed E-state index contributed by atoms with van der Waals surface area (Å²) in [7, 11) is 0. The fourth-order valence-corrected chi connectivity index (χ4v) is 5.36. The number of primary amides is 1. The van der Waals surface area contributed by atoms with Gasteiger partial charge in [0, 0.05) is 16.8 Å². The Hall–Kier alpha value is -3.04. The summed E-state index contributed by atoms with van der Waals surface area (Å²) in [6.45, 7) is 4.64. The van der Waals surface area contributed by atoms with Crippen molar-refractivity contribution in [1.29, 1.82) is 0 Å². The fraction of sp³-hybridized carbons (Fsp3) is 0.345. The smallest absolute Gasteiger partial charge is 0.257 e. The maximum atomic E-state index is 16.3. The van der Waals surface area contributed by atoms with Crippen LogP contribution in [0.5, 0.6) is 0 Å². The highest BCUT2D eigenvalue weighted by atomic mass is 35.5. The predicted molar refractivity (Wildman–Crippen MR) is 145 cm³/mol. The van der Waals surface area contributed by atoms with Crippen LogP contribution in [0.15, 0.2) is 54.7 Å². The number of carbonyl (C=O) groups excluding carboxylic acids is 2. The summed E-state index contributed by atoms with van der Waals surface area (Å²) < 4.78 is 22.9. The molecule has 3 aromatic rings. The number of hydrogen-bond acceptors (Lipinski definition) is 5. The van der Waals surface area contributed by atoms with Crippen LogP contribution >= 0.6 is 23.2 Å². The van der Waals surface area contributed by atoms with Crippen LogP contribution < -0.4 is 5.73 Å². The van der Waals surface area contributed by atoms with Gasteiger partial charge in [0.15, 0.2) is 0 Å².